The van der Waals surface area contributed by atoms with E-state index in [4.69, 9.17) is 9.84 Å². The highest BCUT2D eigenvalue weighted by molar-refractivity contribution is 5.86. The van der Waals surface area contributed by atoms with Gasteiger partial charge in [0.2, 0.25) is 0 Å². The van der Waals surface area contributed by atoms with Gasteiger partial charge in [0.05, 0.1) is 0 Å². The van der Waals surface area contributed by atoms with E-state index in [1.54, 1.807) is 0 Å². The summed E-state index contributed by atoms with van der Waals surface area (Å²) in [5.74, 6) is -0.427. The van der Waals surface area contributed by atoms with Gasteiger partial charge in [0, 0.05) is 12.5 Å². The average Bonchev–Trinajstić information content (AvgIpc) is 3.12. The first-order valence-corrected chi connectivity index (χ1v) is 7.42. The third kappa shape index (κ3) is 2.86. The van der Waals surface area contributed by atoms with Crippen molar-refractivity contribution in [3.8, 4) is 5.75 Å². The summed E-state index contributed by atoms with van der Waals surface area (Å²) in [7, 11) is 0. The highest BCUT2D eigenvalue weighted by Crippen LogP contribution is 2.31. The lowest BCUT2D eigenvalue weighted by atomic mass is 10.1. The molecule has 0 radical (unpaired) electrons. The first-order chi connectivity index (χ1) is 10.1. The molecule has 0 spiro atoms. The highest BCUT2D eigenvalue weighted by Gasteiger charge is 2.36. The smallest absolute Gasteiger partial charge is 0.323 e. The molecule has 1 aliphatic carbocycles. The number of hydrogen-bond acceptors (Lipinski definition) is 3. The fourth-order valence-corrected chi connectivity index (χ4v) is 3.25. The van der Waals surface area contributed by atoms with Crippen molar-refractivity contribution in [3.63, 3.8) is 0 Å². The van der Waals surface area contributed by atoms with Crippen molar-refractivity contribution in [3.05, 3.63) is 29.8 Å². The van der Waals surface area contributed by atoms with Crippen LogP contribution in [0.1, 0.15) is 31.2 Å². The Kier molecular flexibility index (Phi) is 3.82. The van der Waals surface area contributed by atoms with Gasteiger partial charge in [-0.1, -0.05) is 31.0 Å². The molecular formula is C16H19NO4. The Labute approximate surface area is 123 Å². The van der Waals surface area contributed by atoms with Gasteiger partial charge >= 0.3 is 5.97 Å². The Balaban J connectivity index is 1.74. The van der Waals surface area contributed by atoms with Crippen LogP contribution in [0.4, 0.5) is 0 Å². The molecule has 5 nitrogen and oxygen atoms in total. The summed E-state index contributed by atoms with van der Waals surface area (Å²) in [4.78, 5) is 25.2. The zero-order chi connectivity index (χ0) is 14.8. The van der Waals surface area contributed by atoms with Gasteiger partial charge in [-0.25, -0.2) is 0 Å². The second-order valence-corrected chi connectivity index (χ2v) is 5.72. The van der Waals surface area contributed by atoms with E-state index in [1.807, 2.05) is 24.3 Å². The number of benzene rings is 1. The topological polar surface area (TPSA) is 66.8 Å². The maximum absolute atomic E-state index is 12.7. The van der Waals surface area contributed by atoms with Crippen LogP contribution in [0, 0.1) is 0 Å². The van der Waals surface area contributed by atoms with Crippen LogP contribution in [0.25, 0.3) is 0 Å². The Morgan fingerprint density at radius 2 is 1.95 bits per heavy atom. The van der Waals surface area contributed by atoms with E-state index in [1.165, 1.54) is 4.90 Å². The molecule has 1 amide bonds. The van der Waals surface area contributed by atoms with E-state index >= 15 is 0 Å². The molecule has 1 aliphatic heterocycles. The Hall–Kier alpha value is -2.04. The number of carboxylic acid groups (broad SMARTS) is 1. The molecule has 1 N–H and O–H groups in total. The molecule has 1 aromatic rings. The molecule has 1 saturated carbocycles. The van der Waals surface area contributed by atoms with E-state index in [-0.39, 0.29) is 18.5 Å². The van der Waals surface area contributed by atoms with Crippen molar-refractivity contribution in [2.24, 2.45) is 0 Å². The van der Waals surface area contributed by atoms with Gasteiger partial charge in [-0.2, -0.15) is 0 Å². The molecule has 1 heterocycles. The Bertz CT molecular complexity index is 526. The first kappa shape index (κ1) is 13.9. The number of carboxylic acids is 1. The number of aliphatic carboxylic acids is 1. The largest absolute Gasteiger partial charge is 0.480 e. The van der Waals surface area contributed by atoms with Gasteiger partial charge < -0.3 is 14.7 Å². The maximum atomic E-state index is 12.7. The van der Waals surface area contributed by atoms with Gasteiger partial charge in [0.15, 0.2) is 6.10 Å². The molecule has 1 atom stereocenters. The zero-order valence-corrected chi connectivity index (χ0v) is 11.8. The predicted molar refractivity (Wildman–Crippen MR) is 76.2 cm³/mol. The van der Waals surface area contributed by atoms with E-state index < -0.39 is 12.1 Å². The average molecular weight is 289 g/mol. The highest BCUT2D eigenvalue weighted by atomic mass is 16.5. The van der Waals surface area contributed by atoms with Crippen LogP contribution < -0.4 is 4.74 Å². The van der Waals surface area contributed by atoms with Gasteiger partial charge in [-0.3, -0.25) is 9.59 Å². The minimum absolute atomic E-state index is 0.0425. The van der Waals surface area contributed by atoms with Crippen LogP contribution >= 0.6 is 0 Å². The van der Waals surface area contributed by atoms with Crippen LogP contribution in [0.5, 0.6) is 5.75 Å². The molecule has 1 unspecified atom stereocenters. The molecule has 21 heavy (non-hydrogen) atoms. The number of rotatable bonds is 4. The molecule has 5 heteroatoms. The van der Waals surface area contributed by atoms with E-state index in [9.17, 15) is 9.59 Å². The number of fused-ring (bicyclic) bond motifs is 1. The number of amides is 1. The predicted octanol–water partition coefficient (Wildman–Crippen LogP) is 1.85. The third-order valence-electron chi connectivity index (χ3n) is 4.28. The summed E-state index contributed by atoms with van der Waals surface area (Å²) in [6.07, 6.45) is 3.83. The quantitative estimate of drug-likeness (QED) is 0.918. The van der Waals surface area contributed by atoms with E-state index in [0.717, 1.165) is 37.0 Å². The van der Waals surface area contributed by atoms with Crippen molar-refractivity contribution in [1.82, 2.24) is 4.90 Å². The SMILES string of the molecule is O=C(O)CN(C(=O)C1Cc2ccccc2O1)C1CCCC1. The van der Waals surface area contributed by atoms with Crippen LogP contribution in [0.2, 0.25) is 0 Å². The number of nitrogens with zero attached hydrogens (tertiary/aromatic N) is 1. The van der Waals surface area contributed by atoms with Gasteiger partial charge in [-0.05, 0) is 24.5 Å². The first-order valence-electron chi connectivity index (χ1n) is 7.42. The minimum Gasteiger partial charge on any atom is -0.480 e. The molecule has 112 valence electrons. The van der Waals surface area contributed by atoms with Gasteiger partial charge in [0.25, 0.3) is 5.91 Å². The molecule has 1 fully saturated rings. The summed E-state index contributed by atoms with van der Waals surface area (Å²) < 4.78 is 5.71. The number of hydrogen-bond donors (Lipinski definition) is 1. The monoisotopic (exact) mass is 289 g/mol. The van der Waals surface area contributed by atoms with Crippen molar-refractivity contribution in [1.29, 1.82) is 0 Å². The van der Waals surface area contributed by atoms with E-state index in [0.29, 0.717) is 6.42 Å². The second kappa shape index (κ2) is 5.76. The molecule has 1 aromatic carbocycles. The lowest BCUT2D eigenvalue weighted by molar-refractivity contribution is -0.149. The lowest BCUT2D eigenvalue weighted by Crippen LogP contribution is -2.48. The van der Waals surface area contributed by atoms with Crippen LogP contribution in [0.3, 0.4) is 0 Å². The zero-order valence-electron chi connectivity index (χ0n) is 11.8. The van der Waals surface area contributed by atoms with Crippen LogP contribution in [-0.4, -0.2) is 40.6 Å². The molecule has 0 bridgehead atoms. The fraction of sp³-hybridized carbons (Fsp3) is 0.500. The van der Waals surface area contributed by atoms with Crippen molar-refractivity contribution >= 4 is 11.9 Å². The fourth-order valence-electron chi connectivity index (χ4n) is 3.25. The number of para-hydroxylation sites is 1. The molecule has 3 rings (SSSR count). The summed E-state index contributed by atoms with van der Waals surface area (Å²) in [5, 5.41) is 9.07. The number of carbonyl (C=O) groups is 2. The summed E-state index contributed by atoms with van der Waals surface area (Å²) >= 11 is 0. The van der Waals surface area contributed by atoms with Crippen molar-refractivity contribution in [2.75, 3.05) is 6.54 Å². The van der Waals surface area contributed by atoms with Gasteiger partial charge in [0.1, 0.15) is 12.3 Å². The molecule has 0 aromatic heterocycles. The van der Waals surface area contributed by atoms with Crippen LogP contribution in [-0.2, 0) is 16.0 Å². The summed E-state index contributed by atoms with van der Waals surface area (Å²) in [6, 6.07) is 7.62. The molecule has 2 aliphatic rings. The normalized spacial score (nSPS) is 20.9. The Morgan fingerprint density at radius 1 is 1.24 bits per heavy atom. The number of ether oxygens (including phenoxy) is 1. The molecule has 0 saturated heterocycles. The van der Waals surface area contributed by atoms with Crippen molar-refractivity contribution < 1.29 is 19.4 Å². The second-order valence-electron chi connectivity index (χ2n) is 5.72. The minimum atomic E-state index is -0.967. The van der Waals surface area contributed by atoms with Crippen LogP contribution in [0.15, 0.2) is 24.3 Å². The van der Waals surface area contributed by atoms with E-state index in [2.05, 4.69) is 0 Å². The maximum Gasteiger partial charge on any atom is 0.323 e. The Morgan fingerprint density at radius 3 is 2.62 bits per heavy atom. The van der Waals surface area contributed by atoms with Crippen molar-refractivity contribution in [2.45, 2.75) is 44.2 Å². The summed E-state index contributed by atoms with van der Waals surface area (Å²) in [5.41, 5.74) is 1.01. The summed E-state index contributed by atoms with van der Waals surface area (Å²) in [6.45, 7) is -0.236. The lowest BCUT2D eigenvalue weighted by Gasteiger charge is -2.29. The third-order valence-corrected chi connectivity index (χ3v) is 4.28. The number of carbonyl (C=O) groups excluding carboxylic acids is 1. The standard InChI is InChI=1S/C16H19NO4/c18-15(19)10-17(12-6-2-3-7-12)16(20)14-9-11-5-1-4-8-13(11)21-14/h1,4-5,8,12,14H,2-3,6-7,9-10H2,(H,18,19). The molecular weight excluding hydrogens is 270 g/mol. The van der Waals surface area contributed by atoms with Gasteiger partial charge in [-0.15, -0.1) is 0 Å².